The third-order valence-corrected chi connectivity index (χ3v) is 4.05. The van der Waals surface area contributed by atoms with Crippen LogP contribution in [0, 0.1) is 0 Å². The first-order chi connectivity index (χ1) is 11.7. The number of pyridine rings is 2. The summed E-state index contributed by atoms with van der Waals surface area (Å²) >= 11 is 0. The fraction of sp³-hybridized carbons (Fsp3) is 0.176. The molecule has 0 spiro atoms. The Morgan fingerprint density at radius 1 is 1.08 bits per heavy atom. The van der Waals surface area contributed by atoms with Crippen LogP contribution in [0.25, 0.3) is 11.0 Å². The molecular formula is C17H17N2O4P. The lowest BCUT2D eigenvalue weighted by molar-refractivity contribution is 0.272. The molecule has 1 aromatic carbocycles. The summed E-state index contributed by atoms with van der Waals surface area (Å²) in [5.74, 6) is 0.541. The second-order valence-corrected chi connectivity index (χ2v) is 6.06. The molecule has 24 heavy (non-hydrogen) atoms. The van der Waals surface area contributed by atoms with Gasteiger partial charge in [-0.2, -0.15) is 4.98 Å². The monoisotopic (exact) mass is 344 g/mol. The van der Waals surface area contributed by atoms with Crippen molar-refractivity contribution in [1.82, 2.24) is 9.97 Å². The summed E-state index contributed by atoms with van der Waals surface area (Å²) in [6.07, 6.45) is 2.48. The van der Waals surface area contributed by atoms with Gasteiger partial charge >= 0.3 is 8.25 Å². The molecule has 0 radical (unpaired) electrons. The SMILES string of the molecule is COc1ccc2c(Cc3ccc(CO[PH](=O)O)cc3)ccnc2n1. The minimum Gasteiger partial charge on any atom is -0.481 e. The van der Waals surface area contributed by atoms with Gasteiger partial charge in [0.05, 0.1) is 13.7 Å². The quantitative estimate of drug-likeness (QED) is 0.692. The van der Waals surface area contributed by atoms with Crippen LogP contribution in [-0.4, -0.2) is 22.0 Å². The first kappa shape index (κ1) is 16.6. The summed E-state index contributed by atoms with van der Waals surface area (Å²) in [7, 11) is -1.31. The number of hydrogen-bond donors (Lipinski definition) is 1. The molecule has 7 heteroatoms. The minimum absolute atomic E-state index is 0.135. The molecule has 124 valence electrons. The minimum atomic E-state index is -2.89. The number of rotatable bonds is 6. The fourth-order valence-electron chi connectivity index (χ4n) is 2.45. The summed E-state index contributed by atoms with van der Waals surface area (Å²) in [5.41, 5.74) is 3.76. The zero-order chi connectivity index (χ0) is 16.9. The smallest absolute Gasteiger partial charge is 0.316 e. The maximum absolute atomic E-state index is 10.6. The standard InChI is InChI=1S/C17H17N2O4P/c1-22-16-7-6-15-14(8-9-18-17(15)19-16)10-12-2-4-13(5-3-12)11-23-24(20)21/h2-9,24H,10-11H2,1H3,(H,20,21). The van der Waals surface area contributed by atoms with Crippen molar-refractivity contribution in [1.29, 1.82) is 0 Å². The molecule has 0 aliphatic rings. The number of aromatic nitrogens is 2. The number of benzene rings is 1. The van der Waals surface area contributed by atoms with E-state index in [1.807, 2.05) is 42.5 Å². The molecule has 0 bridgehead atoms. The molecule has 3 aromatic rings. The van der Waals surface area contributed by atoms with Gasteiger partial charge in [0.1, 0.15) is 0 Å². The van der Waals surface area contributed by atoms with Crippen LogP contribution in [0.2, 0.25) is 0 Å². The molecule has 2 heterocycles. The average Bonchev–Trinajstić information content (AvgIpc) is 2.61. The van der Waals surface area contributed by atoms with Crippen molar-refractivity contribution >= 4 is 19.3 Å². The molecule has 0 fully saturated rings. The number of hydrogen-bond acceptors (Lipinski definition) is 5. The van der Waals surface area contributed by atoms with E-state index in [9.17, 15) is 4.57 Å². The van der Waals surface area contributed by atoms with E-state index < -0.39 is 8.25 Å². The molecule has 1 unspecified atom stereocenters. The van der Waals surface area contributed by atoms with Crippen molar-refractivity contribution in [3.63, 3.8) is 0 Å². The van der Waals surface area contributed by atoms with E-state index in [2.05, 4.69) is 9.97 Å². The van der Waals surface area contributed by atoms with Crippen LogP contribution in [0.3, 0.4) is 0 Å². The topological polar surface area (TPSA) is 81.5 Å². The van der Waals surface area contributed by atoms with E-state index in [0.29, 0.717) is 11.5 Å². The van der Waals surface area contributed by atoms with Crippen LogP contribution in [0.5, 0.6) is 5.88 Å². The average molecular weight is 344 g/mol. The zero-order valence-electron chi connectivity index (χ0n) is 13.1. The Hall–Kier alpha value is -2.27. The first-order valence-corrected chi connectivity index (χ1v) is 8.64. The first-order valence-electron chi connectivity index (χ1n) is 7.38. The molecule has 0 saturated carbocycles. The van der Waals surface area contributed by atoms with E-state index in [1.165, 1.54) is 0 Å². The molecule has 6 nitrogen and oxygen atoms in total. The highest BCUT2D eigenvalue weighted by molar-refractivity contribution is 7.32. The largest absolute Gasteiger partial charge is 0.481 e. The van der Waals surface area contributed by atoms with Gasteiger partial charge in [-0.25, -0.2) is 4.98 Å². The molecule has 2 aromatic heterocycles. The summed E-state index contributed by atoms with van der Waals surface area (Å²) < 4.78 is 20.5. The van der Waals surface area contributed by atoms with Crippen LogP contribution >= 0.6 is 8.25 Å². The Balaban J connectivity index is 1.80. The summed E-state index contributed by atoms with van der Waals surface area (Å²) in [4.78, 5) is 17.3. The Morgan fingerprint density at radius 2 is 1.83 bits per heavy atom. The zero-order valence-corrected chi connectivity index (χ0v) is 14.1. The summed E-state index contributed by atoms with van der Waals surface area (Å²) in [6.45, 7) is 0.135. The maximum atomic E-state index is 10.6. The van der Waals surface area contributed by atoms with Gasteiger partial charge in [0, 0.05) is 17.6 Å². The van der Waals surface area contributed by atoms with Crippen molar-refractivity contribution in [2.75, 3.05) is 7.11 Å². The Labute approximate surface area is 140 Å². The van der Waals surface area contributed by atoms with Crippen LogP contribution in [-0.2, 0) is 22.1 Å². The van der Waals surface area contributed by atoms with Crippen molar-refractivity contribution in [2.45, 2.75) is 13.0 Å². The van der Waals surface area contributed by atoms with Crippen molar-refractivity contribution in [3.05, 3.63) is 65.4 Å². The molecule has 0 aliphatic carbocycles. The highest BCUT2D eigenvalue weighted by Gasteiger charge is 2.06. The van der Waals surface area contributed by atoms with Gasteiger partial charge in [-0.3, -0.25) is 4.57 Å². The number of nitrogens with zero attached hydrogens (tertiary/aromatic N) is 2. The molecule has 0 aliphatic heterocycles. The lowest BCUT2D eigenvalue weighted by atomic mass is 10.0. The molecule has 3 rings (SSSR count). The van der Waals surface area contributed by atoms with Crippen LogP contribution in [0.4, 0.5) is 0 Å². The lowest BCUT2D eigenvalue weighted by Crippen LogP contribution is -1.95. The predicted molar refractivity (Wildman–Crippen MR) is 91.3 cm³/mol. The van der Waals surface area contributed by atoms with E-state index in [1.54, 1.807) is 13.3 Å². The van der Waals surface area contributed by atoms with Gasteiger partial charge in [0.25, 0.3) is 0 Å². The fourth-order valence-corrected chi connectivity index (χ4v) is 2.74. The highest BCUT2D eigenvalue weighted by atomic mass is 31.1. The van der Waals surface area contributed by atoms with Gasteiger partial charge in [0.15, 0.2) is 5.65 Å². The Bertz CT molecular complexity index is 868. The summed E-state index contributed by atoms with van der Waals surface area (Å²) in [6, 6.07) is 13.5. The normalized spacial score (nSPS) is 12.2. The maximum Gasteiger partial charge on any atom is 0.316 e. The van der Waals surface area contributed by atoms with Gasteiger partial charge in [-0.05, 0) is 35.2 Å². The molecule has 1 N–H and O–H groups in total. The van der Waals surface area contributed by atoms with Crippen molar-refractivity contribution < 1.29 is 18.7 Å². The predicted octanol–water partition coefficient (Wildman–Crippen LogP) is 3.13. The van der Waals surface area contributed by atoms with E-state index >= 15 is 0 Å². The van der Waals surface area contributed by atoms with Gasteiger partial charge < -0.3 is 14.2 Å². The lowest BCUT2D eigenvalue weighted by Gasteiger charge is -2.08. The van der Waals surface area contributed by atoms with Crippen molar-refractivity contribution in [2.24, 2.45) is 0 Å². The van der Waals surface area contributed by atoms with Gasteiger partial charge in [-0.15, -0.1) is 0 Å². The van der Waals surface area contributed by atoms with E-state index in [-0.39, 0.29) is 6.61 Å². The van der Waals surface area contributed by atoms with Gasteiger partial charge in [0.2, 0.25) is 5.88 Å². The number of ether oxygens (including phenoxy) is 1. The molecular weight excluding hydrogens is 327 g/mol. The van der Waals surface area contributed by atoms with Gasteiger partial charge in [-0.1, -0.05) is 24.3 Å². The number of fused-ring (bicyclic) bond motifs is 1. The van der Waals surface area contributed by atoms with Crippen LogP contribution < -0.4 is 4.74 Å². The van der Waals surface area contributed by atoms with E-state index in [0.717, 1.165) is 28.5 Å². The van der Waals surface area contributed by atoms with Crippen LogP contribution in [0.1, 0.15) is 16.7 Å². The second-order valence-electron chi connectivity index (χ2n) is 5.24. The van der Waals surface area contributed by atoms with E-state index in [4.69, 9.17) is 14.2 Å². The number of methoxy groups -OCH3 is 1. The second kappa shape index (κ2) is 7.53. The Morgan fingerprint density at radius 3 is 2.54 bits per heavy atom. The molecule has 0 amide bonds. The molecule has 0 saturated heterocycles. The van der Waals surface area contributed by atoms with Crippen molar-refractivity contribution in [3.8, 4) is 5.88 Å². The van der Waals surface area contributed by atoms with Crippen LogP contribution in [0.15, 0.2) is 48.7 Å². The summed E-state index contributed by atoms with van der Waals surface area (Å²) in [5, 5.41) is 0.990. The Kier molecular flexibility index (Phi) is 5.20. The highest BCUT2D eigenvalue weighted by Crippen LogP contribution is 2.22. The molecule has 1 atom stereocenters. The third kappa shape index (κ3) is 3.97. The third-order valence-electron chi connectivity index (χ3n) is 3.66.